The fourth-order valence-electron chi connectivity index (χ4n) is 1.88. The summed E-state index contributed by atoms with van der Waals surface area (Å²) in [4.78, 5) is 0. The number of benzene rings is 2. The monoisotopic (exact) mass is 306 g/mol. The number of rotatable bonds is 3. The third kappa shape index (κ3) is 7.99. The van der Waals surface area contributed by atoms with Crippen molar-refractivity contribution in [2.75, 3.05) is 0 Å². The third-order valence-electron chi connectivity index (χ3n) is 2.68. The Morgan fingerprint density at radius 1 is 1.00 bits per heavy atom. The summed E-state index contributed by atoms with van der Waals surface area (Å²) in [6.07, 6.45) is 3.76. The molecule has 0 aliphatic rings. The van der Waals surface area contributed by atoms with Gasteiger partial charge in [-0.1, -0.05) is 55.8 Å². The van der Waals surface area contributed by atoms with Gasteiger partial charge in [0.2, 0.25) is 0 Å². The molecule has 0 saturated carbocycles. The molecule has 0 spiro atoms. The second-order valence-corrected chi connectivity index (χ2v) is 5.09. The van der Waals surface area contributed by atoms with Crippen LogP contribution in [0.1, 0.15) is 25.3 Å². The van der Waals surface area contributed by atoms with E-state index in [0.717, 1.165) is 0 Å². The summed E-state index contributed by atoms with van der Waals surface area (Å²) in [5, 5.41) is 2.78. The van der Waals surface area contributed by atoms with Crippen molar-refractivity contribution in [3.8, 4) is 0 Å². The predicted octanol–water partition coefficient (Wildman–Crippen LogP) is 2.88. The second kappa shape index (κ2) is 9.50. The normalized spacial score (nSPS) is 10.3. The summed E-state index contributed by atoms with van der Waals surface area (Å²) < 4.78 is 31.6. The van der Waals surface area contributed by atoms with Crippen molar-refractivity contribution in [1.29, 1.82) is 0 Å². The van der Waals surface area contributed by atoms with Gasteiger partial charge >= 0.3 is 40.0 Å². The Kier molecular flexibility index (Phi) is 9.29. The van der Waals surface area contributed by atoms with E-state index in [4.69, 9.17) is 17.5 Å². The molecule has 0 fully saturated rings. The minimum absolute atomic E-state index is 0. The molecule has 0 aliphatic carbocycles. The number of hydrogen-bond donors (Lipinski definition) is 2. The molecule has 0 bridgehead atoms. The molecule has 4 nitrogen and oxygen atoms in total. The summed E-state index contributed by atoms with van der Waals surface area (Å²) >= 11 is 0. The molecule has 2 aromatic carbocycles. The first-order valence-corrected chi connectivity index (χ1v) is 7.48. The zero-order chi connectivity index (χ0) is 14.3. The average Bonchev–Trinajstić information content (AvgIpc) is 2.34. The van der Waals surface area contributed by atoms with E-state index in [2.05, 4.69) is 49.4 Å². The van der Waals surface area contributed by atoms with Crippen LogP contribution in [0.2, 0.25) is 0 Å². The molecule has 0 aliphatic heterocycles. The molecule has 0 aromatic heterocycles. The van der Waals surface area contributed by atoms with Crippen LogP contribution in [-0.2, 0) is 16.8 Å². The standard InChI is InChI=1S/C14H16.Na.H2O4S.H/c1-2-3-7-12-9-6-10-13-8-4-5-11-14(12)13;;1-5(2,3)4;/h4-6,8-11H,2-3,7H2,1H3;;(H2,1,2,3,4);. The fourth-order valence-corrected chi connectivity index (χ4v) is 1.88. The topological polar surface area (TPSA) is 74.6 Å². The van der Waals surface area contributed by atoms with Crippen LogP contribution in [-0.4, -0.2) is 47.1 Å². The van der Waals surface area contributed by atoms with Crippen LogP contribution in [0.5, 0.6) is 0 Å². The minimum atomic E-state index is -4.67. The van der Waals surface area contributed by atoms with E-state index < -0.39 is 10.4 Å². The Bertz CT molecular complexity index is 613. The van der Waals surface area contributed by atoms with Gasteiger partial charge in [0.05, 0.1) is 0 Å². The molecule has 2 N–H and O–H groups in total. The molecule has 106 valence electrons. The molecule has 0 amide bonds. The van der Waals surface area contributed by atoms with Gasteiger partial charge in [0.25, 0.3) is 0 Å². The SMILES string of the molecule is CCCCc1cccc2ccccc12.O=S(=O)(O)O.[NaH]. The van der Waals surface area contributed by atoms with Gasteiger partial charge in [0.1, 0.15) is 0 Å². The van der Waals surface area contributed by atoms with E-state index in [1.807, 2.05) is 0 Å². The number of unbranched alkanes of at least 4 members (excludes halogenated alkanes) is 1. The van der Waals surface area contributed by atoms with Gasteiger partial charge in [0.15, 0.2) is 0 Å². The molecule has 6 heteroatoms. The number of aryl methyl sites for hydroxylation is 1. The van der Waals surface area contributed by atoms with Crippen LogP contribution >= 0.6 is 0 Å². The molecule has 0 heterocycles. The zero-order valence-electron chi connectivity index (χ0n) is 10.8. The van der Waals surface area contributed by atoms with Crippen molar-refractivity contribution in [2.24, 2.45) is 0 Å². The second-order valence-electron chi connectivity index (χ2n) is 4.19. The van der Waals surface area contributed by atoms with Gasteiger partial charge in [0, 0.05) is 0 Å². The van der Waals surface area contributed by atoms with Crippen LogP contribution in [0.15, 0.2) is 42.5 Å². The van der Waals surface area contributed by atoms with Gasteiger partial charge in [-0.3, -0.25) is 9.11 Å². The third-order valence-corrected chi connectivity index (χ3v) is 2.68. The van der Waals surface area contributed by atoms with E-state index in [-0.39, 0.29) is 29.6 Å². The summed E-state index contributed by atoms with van der Waals surface area (Å²) in [6.45, 7) is 2.24. The molecule has 2 rings (SSSR count). The van der Waals surface area contributed by atoms with Gasteiger partial charge < -0.3 is 0 Å². The Morgan fingerprint density at radius 3 is 2.15 bits per heavy atom. The fraction of sp³-hybridized carbons (Fsp3) is 0.286. The molecular weight excluding hydrogens is 287 g/mol. The van der Waals surface area contributed by atoms with Crippen molar-refractivity contribution in [1.82, 2.24) is 0 Å². The van der Waals surface area contributed by atoms with E-state index in [9.17, 15) is 0 Å². The Balaban J connectivity index is 0.000000526. The van der Waals surface area contributed by atoms with E-state index in [1.165, 1.54) is 35.6 Å². The first kappa shape index (κ1) is 19.6. The molecule has 0 atom stereocenters. The first-order chi connectivity index (χ1) is 8.92. The van der Waals surface area contributed by atoms with E-state index in [0.29, 0.717) is 0 Å². The van der Waals surface area contributed by atoms with Gasteiger partial charge in [-0.05, 0) is 29.2 Å². The van der Waals surface area contributed by atoms with E-state index in [1.54, 1.807) is 0 Å². The predicted molar refractivity (Wildman–Crippen MR) is 83.9 cm³/mol. The summed E-state index contributed by atoms with van der Waals surface area (Å²) in [6, 6.07) is 15.2. The summed E-state index contributed by atoms with van der Waals surface area (Å²) in [5.74, 6) is 0. The molecule has 0 unspecified atom stereocenters. The van der Waals surface area contributed by atoms with Gasteiger partial charge in [-0.2, -0.15) is 8.42 Å². The number of fused-ring (bicyclic) bond motifs is 1. The zero-order valence-corrected chi connectivity index (χ0v) is 11.6. The van der Waals surface area contributed by atoms with Crippen LogP contribution in [0.3, 0.4) is 0 Å². The van der Waals surface area contributed by atoms with Crippen molar-refractivity contribution >= 4 is 50.7 Å². The summed E-state index contributed by atoms with van der Waals surface area (Å²) in [7, 11) is -4.67. The van der Waals surface area contributed by atoms with Crippen molar-refractivity contribution in [3.63, 3.8) is 0 Å². The maximum atomic E-state index is 8.74. The number of hydrogen-bond acceptors (Lipinski definition) is 2. The molecular formula is C14H19NaO4S. The van der Waals surface area contributed by atoms with Crippen LogP contribution in [0, 0.1) is 0 Å². The van der Waals surface area contributed by atoms with Crippen molar-refractivity contribution in [2.45, 2.75) is 26.2 Å². The van der Waals surface area contributed by atoms with Crippen LogP contribution in [0.25, 0.3) is 10.8 Å². The van der Waals surface area contributed by atoms with Crippen LogP contribution < -0.4 is 0 Å². The molecule has 2 aromatic rings. The van der Waals surface area contributed by atoms with Crippen LogP contribution in [0.4, 0.5) is 0 Å². The summed E-state index contributed by atoms with van der Waals surface area (Å²) in [5.41, 5.74) is 1.49. The maximum absolute atomic E-state index is 8.74. The molecule has 0 saturated heterocycles. The Morgan fingerprint density at radius 2 is 1.55 bits per heavy atom. The van der Waals surface area contributed by atoms with Crippen molar-refractivity contribution < 1.29 is 17.5 Å². The van der Waals surface area contributed by atoms with Gasteiger partial charge in [-0.25, -0.2) is 0 Å². The molecule has 0 radical (unpaired) electrons. The van der Waals surface area contributed by atoms with E-state index >= 15 is 0 Å². The average molecular weight is 306 g/mol. The quantitative estimate of drug-likeness (QED) is 0.675. The van der Waals surface area contributed by atoms with Crippen molar-refractivity contribution in [3.05, 3.63) is 48.0 Å². The Hall–Kier alpha value is -0.430. The molecule has 20 heavy (non-hydrogen) atoms. The Labute approximate surface area is 142 Å². The van der Waals surface area contributed by atoms with Gasteiger partial charge in [-0.15, -0.1) is 0 Å². The first-order valence-electron chi connectivity index (χ1n) is 6.08.